The van der Waals surface area contributed by atoms with Crippen molar-refractivity contribution in [2.24, 2.45) is 39.0 Å². The van der Waals surface area contributed by atoms with Crippen molar-refractivity contribution < 1.29 is 65.9 Å². The Morgan fingerprint density at radius 1 is 0.483 bits per heavy atom. The van der Waals surface area contributed by atoms with Crippen LogP contribution in [0.25, 0.3) is 85.6 Å². The van der Waals surface area contributed by atoms with Crippen LogP contribution in [0.1, 0.15) is 228 Å². The molecule has 6 aromatic heterocycles. The Kier molecular flexibility index (Phi) is 36.6. The highest BCUT2D eigenvalue weighted by Crippen LogP contribution is 2.48. The van der Waals surface area contributed by atoms with Crippen LogP contribution >= 0.6 is 92.3 Å². The third kappa shape index (κ3) is 27.2. The van der Waals surface area contributed by atoms with Crippen LogP contribution in [0.5, 0.6) is 28.7 Å². The van der Waals surface area contributed by atoms with Crippen molar-refractivity contribution in [3.8, 4) is 39.9 Å². The van der Waals surface area contributed by atoms with E-state index >= 15 is 8.78 Å². The van der Waals surface area contributed by atoms with Gasteiger partial charge in [0.05, 0.1) is 110 Å². The van der Waals surface area contributed by atoms with E-state index in [4.69, 9.17) is 68.0 Å². The SMILES string of the molecule is C=CC(=O)OCCCOc1ccc(C(=O)Oc2ccc3c(Cl)c(C4CCC(CCCCC(C)C)CC4)ccc3c2/C=N/Nc2nc3nccnc3s2)cc1.C=CC(=O)OCCCOc1ccc(C(=O)Oc2ccc3cc(C4CCC(CCC)CC4)ccc3c2Cl)cc1/C=N/Nc1nc2c(ccc3nsnc32)s1.C=CC(=O)Oc1ccc(-c2c(/C=N/Nc3nc4cc5nsnc5cc4s3)cc(C3CCC(C)CC3)c(F)c2F)cc1Cl. The average molecular weight is 2160 g/mol. The van der Waals surface area contributed by atoms with E-state index in [-0.39, 0.29) is 53.4 Å². The third-order valence-corrected chi connectivity index (χ3v) is 31.6. The number of benzene rings is 10. The number of nitrogens with one attached hydrogen (secondary N) is 3. The molecule has 3 saturated carbocycles. The fraction of sp³-hybridized carbons (Fsp3) is 0.312. The molecule has 6 heterocycles. The van der Waals surface area contributed by atoms with Gasteiger partial charge in [-0.05, 0) is 242 Å². The summed E-state index contributed by atoms with van der Waals surface area (Å²) in [5.41, 5.74) is 19.3. The topological polar surface area (TPSA) is 339 Å². The molecule has 768 valence electrons. The number of ether oxygens (including phenoxy) is 7. The van der Waals surface area contributed by atoms with Crippen LogP contribution in [0, 0.1) is 35.3 Å². The maximum Gasteiger partial charge on any atom is 0.343 e. The third-order valence-electron chi connectivity index (χ3n) is 26.7. The Balaban J connectivity index is 0.000000154. The number of unbranched alkanes of at least 4 members (excludes halogenated alkanes) is 1. The molecule has 16 aromatic rings. The summed E-state index contributed by atoms with van der Waals surface area (Å²) in [5, 5.41) is 19.6. The molecule has 0 atom stereocenters. The number of aromatic nitrogens is 9. The number of hydrogen-bond donors (Lipinski definition) is 3. The minimum Gasteiger partial charge on any atom is -0.493 e. The minimum atomic E-state index is -0.987. The van der Waals surface area contributed by atoms with Gasteiger partial charge in [-0.15, -0.1) is 0 Å². The van der Waals surface area contributed by atoms with E-state index in [0.717, 1.165) is 167 Å². The first-order chi connectivity index (χ1) is 72.5. The Labute approximate surface area is 894 Å². The van der Waals surface area contributed by atoms with Crippen molar-refractivity contribution in [2.75, 3.05) is 42.7 Å². The summed E-state index contributed by atoms with van der Waals surface area (Å²) in [4.78, 5) is 84.1. The molecule has 149 heavy (non-hydrogen) atoms. The van der Waals surface area contributed by atoms with Gasteiger partial charge in [0, 0.05) is 76.5 Å². The lowest BCUT2D eigenvalue weighted by Crippen LogP contribution is -2.14. The molecular formula is C112H108Cl3F2N15O12S5. The summed E-state index contributed by atoms with van der Waals surface area (Å²) in [6.07, 6.45) is 33.1. The van der Waals surface area contributed by atoms with Gasteiger partial charge < -0.3 is 33.2 Å². The van der Waals surface area contributed by atoms with Gasteiger partial charge in [0.2, 0.25) is 15.4 Å². The molecule has 10 aromatic carbocycles. The van der Waals surface area contributed by atoms with Gasteiger partial charge >= 0.3 is 29.8 Å². The molecule has 0 aliphatic heterocycles. The van der Waals surface area contributed by atoms with Crippen LogP contribution in [0.15, 0.2) is 211 Å². The summed E-state index contributed by atoms with van der Waals surface area (Å²) in [6.45, 7) is 20.2. The Morgan fingerprint density at radius 2 is 1.09 bits per heavy atom. The molecule has 3 fully saturated rings. The highest BCUT2D eigenvalue weighted by Gasteiger charge is 2.32. The average Bonchev–Trinajstić information content (AvgIpc) is 1.53. The minimum absolute atomic E-state index is 0.00378. The largest absolute Gasteiger partial charge is 0.493 e. The number of hydrogen-bond acceptors (Lipinski definition) is 32. The van der Waals surface area contributed by atoms with Crippen LogP contribution in [0.2, 0.25) is 15.1 Å². The summed E-state index contributed by atoms with van der Waals surface area (Å²) in [5.74, 6) is 0.985. The highest BCUT2D eigenvalue weighted by molar-refractivity contribution is 7.23. The maximum atomic E-state index is 15.9. The molecular weight excluding hydrogens is 2050 g/mol. The quantitative estimate of drug-likeness (QED) is 0.00808. The molecule has 0 unspecified atom stereocenters. The summed E-state index contributed by atoms with van der Waals surface area (Å²) >= 11 is 26.9. The fourth-order valence-electron chi connectivity index (χ4n) is 18.9. The molecule has 3 N–H and O–H groups in total. The van der Waals surface area contributed by atoms with Crippen LogP contribution in [0.3, 0.4) is 0 Å². The molecule has 0 bridgehead atoms. The second kappa shape index (κ2) is 51.1. The number of rotatable bonds is 38. The van der Waals surface area contributed by atoms with E-state index < -0.39 is 41.5 Å². The van der Waals surface area contributed by atoms with Crippen molar-refractivity contribution in [1.82, 2.24) is 42.4 Å². The zero-order valence-corrected chi connectivity index (χ0v) is 88.7. The number of carbonyl (C=O) groups excluding carboxylic acids is 5. The van der Waals surface area contributed by atoms with E-state index in [2.05, 4.69) is 146 Å². The van der Waals surface area contributed by atoms with E-state index in [9.17, 15) is 24.0 Å². The number of esters is 5. The molecule has 0 radical (unpaired) electrons. The monoisotopic (exact) mass is 2160 g/mol. The second-order valence-corrected chi connectivity index (χ2v) is 42.5. The normalized spacial score (nSPS) is 16.3. The zero-order chi connectivity index (χ0) is 104. The lowest BCUT2D eigenvalue weighted by molar-refractivity contribution is -0.138. The summed E-state index contributed by atoms with van der Waals surface area (Å²) in [7, 11) is 0. The van der Waals surface area contributed by atoms with E-state index in [1.165, 1.54) is 147 Å². The van der Waals surface area contributed by atoms with Gasteiger partial charge in [0.25, 0.3) is 0 Å². The lowest BCUT2D eigenvalue weighted by Gasteiger charge is -2.30. The molecule has 19 rings (SSSR count). The predicted octanol–water partition coefficient (Wildman–Crippen LogP) is 29.6. The van der Waals surface area contributed by atoms with Crippen molar-refractivity contribution >= 4 is 231 Å². The van der Waals surface area contributed by atoms with Gasteiger partial charge in [-0.2, -0.15) is 37.8 Å². The number of hydrazone groups is 3. The van der Waals surface area contributed by atoms with Crippen molar-refractivity contribution in [3.63, 3.8) is 0 Å². The number of anilines is 3. The van der Waals surface area contributed by atoms with E-state index in [1.54, 1.807) is 85.5 Å². The Hall–Kier alpha value is -13.6. The van der Waals surface area contributed by atoms with Gasteiger partial charge in [-0.25, -0.2) is 52.7 Å². The van der Waals surface area contributed by atoms with Gasteiger partial charge in [0.15, 0.2) is 22.1 Å². The van der Waals surface area contributed by atoms with Crippen LogP contribution in [-0.2, 0) is 23.9 Å². The number of fused-ring (bicyclic) bond motifs is 8. The number of halogens is 5. The number of nitrogens with zero attached hydrogens (tertiary/aromatic N) is 12. The maximum absolute atomic E-state index is 15.9. The summed E-state index contributed by atoms with van der Waals surface area (Å²) < 4.78 is 89.3. The molecule has 0 amide bonds. The molecule has 3 aliphatic rings. The Morgan fingerprint density at radius 3 is 1.82 bits per heavy atom. The number of thiazole rings is 3. The van der Waals surface area contributed by atoms with Gasteiger partial charge in [-0.1, -0.05) is 210 Å². The van der Waals surface area contributed by atoms with E-state index in [0.29, 0.717) is 119 Å². The second-order valence-electron chi connectivity index (χ2n) is 37.3. The molecule has 0 saturated heterocycles. The highest BCUT2D eigenvalue weighted by atomic mass is 35.5. The van der Waals surface area contributed by atoms with Gasteiger partial charge in [0.1, 0.15) is 56.3 Å². The van der Waals surface area contributed by atoms with Crippen molar-refractivity contribution in [1.29, 1.82) is 0 Å². The van der Waals surface area contributed by atoms with Crippen LogP contribution in [0.4, 0.5) is 24.2 Å². The zero-order valence-electron chi connectivity index (χ0n) is 82.3. The van der Waals surface area contributed by atoms with E-state index in [1.807, 2.05) is 42.5 Å². The number of carbonyl (C=O) groups is 5. The first-order valence-corrected chi connectivity index (χ1v) is 54.7. The first kappa shape index (κ1) is 107. The molecule has 37 heteroatoms. The molecule has 27 nitrogen and oxygen atoms in total. The molecule has 3 aliphatic carbocycles. The lowest BCUT2D eigenvalue weighted by atomic mass is 9.76. The van der Waals surface area contributed by atoms with Crippen LogP contribution < -0.4 is 40.0 Å². The Bertz CT molecular complexity index is 7600. The predicted molar refractivity (Wildman–Crippen MR) is 594 cm³/mol. The summed E-state index contributed by atoms with van der Waals surface area (Å²) in [6, 6.07) is 43.3. The van der Waals surface area contributed by atoms with Crippen molar-refractivity contribution in [3.05, 3.63) is 267 Å². The smallest absolute Gasteiger partial charge is 0.343 e. The standard InChI is InChI=1S/C42H46ClN5O5S.C40H38ClN5O5S2.C30H24ClF2N5O2S2/c1-4-37(49)52-25-7-24-51-31-16-14-30(15-17-31)41(50)53-36-21-20-34-33(35(36)26-46-48-42-47-39-40(54-42)45-23-22-44-39)19-18-32(38(34)43)29-12-10-28(11-13-29)9-6-5-8-27(2)3;1-3-6-24-7-9-25(10-8-24)26-11-14-30-27(21-26)12-17-33(36(30)41)51-39(48)28-13-16-32(49-19-5-20-50-35(47)4-2)29(22-28)23-42-44-40-43-38-34(52-40)18-15-31-37(38)46-53-45-31;1-3-26(39)40-24-9-8-17(11-20(24)31)27-18(10-19(28(32)29(27)33)16-6-4-15(2)5-7-16)14-34-36-30-35-23-12-21-22(38-42-37-21)13-25(23)41-30/h4,14-23,26-29H,1,5-13,24-25H2,2-3H3,(H,44,47,48);4,11-18,21-25H,2-3,5-10,19-20H2,1H3,(H,43,44);3,8-16H,1,4-7H2,2H3,(H,35,36)/b46-26+;42-23+;34-14+. The van der Waals surface area contributed by atoms with Crippen LogP contribution in [-0.4, -0.2) is 117 Å². The van der Waals surface area contributed by atoms with Crippen molar-refractivity contribution in [2.45, 2.75) is 174 Å². The fourth-order valence-corrected chi connectivity index (χ4v) is 23.2. The van der Waals surface area contributed by atoms with Gasteiger partial charge in [-0.3, -0.25) is 16.3 Å². The molecule has 0 spiro atoms. The first-order valence-electron chi connectivity index (χ1n) is 49.6.